The van der Waals surface area contributed by atoms with Crippen molar-refractivity contribution in [1.29, 1.82) is 0 Å². The standard InChI is InChI=1S/C25H21ClN4O2/c1-16-22-25(32-15-14-17-8-4-3-5-9-17)28-20-12-13-21(31-2)29-24(20)30(22)23(27-16)18-10-6-7-11-19(18)26/h3-13H,14-15H2,1-2H3. The van der Waals surface area contributed by atoms with Crippen LogP contribution in [-0.2, 0) is 6.42 Å². The number of pyridine rings is 1. The van der Waals surface area contributed by atoms with Crippen LogP contribution in [0.5, 0.6) is 11.8 Å². The fourth-order valence-corrected chi connectivity index (χ4v) is 3.99. The molecule has 3 aromatic heterocycles. The van der Waals surface area contributed by atoms with E-state index in [1.165, 1.54) is 5.56 Å². The molecule has 0 aliphatic heterocycles. The first-order valence-corrected chi connectivity index (χ1v) is 10.7. The molecule has 0 aliphatic rings. The smallest absolute Gasteiger partial charge is 0.241 e. The maximum atomic E-state index is 6.52. The summed E-state index contributed by atoms with van der Waals surface area (Å²) in [5.74, 6) is 1.70. The van der Waals surface area contributed by atoms with E-state index in [9.17, 15) is 0 Å². The van der Waals surface area contributed by atoms with Gasteiger partial charge >= 0.3 is 0 Å². The third-order valence-electron chi connectivity index (χ3n) is 5.31. The Kier molecular flexibility index (Phi) is 5.37. The number of aryl methyl sites for hydroxylation is 1. The van der Waals surface area contributed by atoms with E-state index in [1.807, 2.05) is 59.9 Å². The van der Waals surface area contributed by atoms with Gasteiger partial charge in [-0.1, -0.05) is 54.1 Å². The minimum absolute atomic E-state index is 0.494. The molecule has 0 N–H and O–H groups in total. The van der Waals surface area contributed by atoms with Crippen LogP contribution in [0.3, 0.4) is 0 Å². The van der Waals surface area contributed by atoms with Crippen LogP contribution in [0.2, 0.25) is 5.02 Å². The van der Waals surface area contributed by atoms with Crippen LogP contribution in [0.15, 0.2) is 66.7 Å². The van der Waals surface area contributed by atoms with E-state index in [0.717, 1.165) is 23.2 Å². The molecular formula is C25H21ClN4O2. The minimum atomic E-state index is 0.494. The zero-order valence-electron chi connectivity index (χ0n) is 17.7. The largest absolute Gasteiger partial charge is 0.481 e. The molecule has 0 saturated heterocycles. The fourth-order valence-electron chi connectivity index (χ4n) is 3.77. The zero-order chi connectivity index (χ0) is 22.1. The van der Waals surface area contributed by atoms with Gasteiger partial charge in [0.2, 0.25) is 11.8 Å². The molecule has 0 unspecified atom stereocenters. The first-order chi connectivity index (χ1) is 15.7. The number of hydrogen-bond donors (Lipinski definition) is 0. The van der Waals surface area contributed by atoms with Crippen molar-refractivity contribution in [3.05, 3.63) is 83.0 Å². The molecule has 7 heteroatoms. The van der Waals surface area contributed by atoms with E-state index in [4.69, 9.17) is 31.0 Å². The van der Waals surface area contributed by atoms with Crippen LogP contribution < -0.4 is 9.47 Å². The van der Waals surface area contributed by atoms with Gasteiger partial charge in [0, 0.05) is 18.1 Å². The molecule has 5 rings (SSSR count). The highest BCUT2D eigenvalue weighted by Crippen LogP contribution is 2.34. The lowest BCUT2D eigenvalue weighted by Crippen LogP contribution is -2.06. The number of methoxy groups -OCH3 is 1. The van der Waals surface area contributed by atoms with Crippen molar-refractivity contribution < 1.29 is 9.47 Å². The van der Waals surface area contributed by atoms with Gasteiger partial charge in [-0.3, -0.25) is 4.40 Å². The molecule has 0 amide bonds. The molecule has 0 saturated carbocycles. The molecule has 2 aromatic carbocycles. The van der Waals surface area contributed by atoms with Crippen molar-refractivity contribution >= 4 is 28.3 Å². The summed E-state index contributed by atoms with van der Waals surface area (Å²) in [6.45, 7) is 2.43. The number of ether oxygens (including phenoxy) is 2. The minimum Gasteiger partial charge on any atom is -0.481 e. The molecule has 32 heavy (non-hydrogen) atoms. The summed E-state index contributed by atoms with van der Waals surface area (Å²) >= 11 is 6.52. The Hall–Kier alpha value is -3.64. The second kappa shape index (κ2) is 8.48. The fraction of sp³-hybridized carbons (Fsp3) is 0.160. The summed E-state index contributed by atoms with van der Waals surface area (Å²) in [4.78, 5) is 14.3. The third kappa shape index (κ3) is 3.63. The van der Waals surface area contributed by atoms with Gasteiger partial charge in [-0.15, -0.1) is 0 Å². The average Bonchev–Trinajstić information content (AvgIpc) is 3.17. The molecular weight excluding hydrogens is 424 g/mol. The quantitative estimate of drug-likeness (QED) is 0.344. The van der Waals surface area contributed by atoms with E-state index in [1.54, 1.807) is 13.2 Å². The topological polar surface area (TPSA) is 61.5 Å². The number of aromatic nitrogens is 4. The second-order valence-electron chi connectivity index (χ2n) is 7.38. The van der Waals surface area contributed by atoms with E-state index < -0.39 is 0 Å². The zero-order valence-corrected chi connectivity index (χ0v) is 18.5. The van der Waals surface area contributed by atoms with Gasteiger partial charge in [-0.25, -0.2) is 9.97 Å². The predicted molar refractivity (Wildman–Crippen MR) is 126 cm³/mol. The first-order valence-electron chi connectivity index (χ1n) is 10.3. The van der Waals surface area contributed by atoms with Gasteiger partial charge in [0.25, 0.3) is 0 Å². The Bertz CT molecular complexity index is 1420. The van der Waals surface area contributed by atoms with Gasteiger partial charge in [-0.05, 0) is 30.7 Å². The molecule has 0 aliphatic carbocycles. The molecule has 0 fully saturated rings. The van der Waals surface area contributed by atoms with Crippen LogP contribution in [-0.4, -0.2) is 33.1 Å². The number of halogens is 1. The number of nitrogens with zero attached hydrogens (tertiary/aromatic N) is 4. The molecule has 6 nitrogen and oxygen atoms in total. The van der Waals surface area contributed by atoms with Crippen molar-refractivity contribution in [1.82, 2.24) is 19.4 Å². The average molecular weight is 445 g/mol. The lowest BCUT2D eigenvalue weighted by atomic mass is 10.2. The number of imidazole rings is 1. The Morgan fingerprint density at radius 1 is 0.906 bits per heavy atom. The first kappa shape index (κ1) is 20.3. The van der Waals surface area contributed by atoms with Crippen LogP contribution in [0.25, 0.3) is 28.1 Å². The maximum Gasteiger partial charge on any atom is 0.241 e. The lowest BCUT2D eigenvalue weighted by molar-refractivity contribution is 0.313. The third-order valence-corrected chi connectivity index (χ3v) is 5.64. The summed E-state index contributed by atoms with van der Waals surface area (Å²) in [5, 5.41) is 0.610. The summed E-state index contributed by atoms with van der Waals surface area (Å²) in [6, 6.07) is 21.5. The number of rotatable bonds is 6. The highest BCUT2D eigenvalue weighted by atomic mass is 35.5. The molecule has 3 heterocycles. The maximum absolute atomic E-state index is 6.52. The van der Waals surface area contributed by atoms with E-state index in [2.05, 4.69) is 17.1 Å². The van der Waals surface area contributed by atoms with Crippen molar-refractivity contribution in [2.24, 2.45) is 0 Å². The predicted octanol–water partition coefficient (Wildman–Crippen LogP) is 5.54. The molecule has 0 radical (unpaired) electrons. The molecule has 0 bridgehead atoms. The molecule has 160 valence electrons. The van der Waals surface area contributed by atoms with Gasteiger partial charge in [0.05, 0.1) is 24.4 Å². The second-order valence-corrected chi connectivity index (χ2v) is 7.79. The number of benzene rings is 2. The SMILES string of the molecule is COc1ccc2nc(OCCc3ccccc3)c3c(C)nc(-c4ccccc4Cl)n3c2n1. The van der Waals surface area contributed by atoms with Gasteiger partial charge in [-0.2, -0.15) is 4.98 Å². The molecule has 0 atom stereocenters. The Morgan fingerprint density at radius 3 is 2.47 bits per heavy atom. The van der Waals surface area contributed by atoms with Crippen molar-refractivity contribution in [2.75, 3.05) is 13.7 Å². The summed E-state index contributed by atoms with van der Waals surface area (Å²) in [6.07, 6.45) is 0.776. The monoisotopic (exact) mass is 444 g/mol. The summed E-state index contributed by atoms with van der Waals surface area (Å²) < 4.78 is 13.5. The number of hydrogen-bond acceptors (Lipinski definition) is 5. The summed E-state index contributed by atoms with van der Waals surface area (Å²) in [5.41, 5.74) is 4.88. The highest BCUT2D eigenvalue weighted by molar-refractivity contribution is 6.33. The highest BCUT2D eigenvalue weighted by Gasteiger charge is 2.21. The van der Waals surface area contributed by atoms with Crippen LogP contribution in [0, 0.1) is 6.92 Å². The summed E-state index contributed by atoms with van der Waals surface area (Å²) in [7, 11) is 1.59. The lowest BCUT2D eigenvalue weighted by Gasteiger charge is -2.12. The Labute approximate surface area is 190 Å². The van der Waals surface area contributed by atoms with Crippen molar-refractivity contribution in [2.45, 2.75) is 13.3 Å². The van der Waals surface area contributed by atoms with Crippen LogP contribution >= 0.6 is 11.6 Å². The van der Waals surface area contributed by atoms with Gasteiger partial charge < -0.3 is 9.47 Å². The van der Waals surface area contributed by atoms with Gasteiger partial charge in [0.15, 0.2) is 5.65 Å². The van der Waals surface area contributed by atoms with Crippen LogP contribution in [0.1, 0.15) is 11.3 Å². The number of fused-ring (bicyclic) bond motifs is 3. The molecule has 5 aromatic rings. The van der Waals surface area contributed by atoms with E-state index in [-0.39, 0.29) is 0 Å². The van der Waals surface area contributed by atoms with Crippen molar-refractivity contribution in [3.8, 4) is 23.1 Å². The van der Waals surface area contributed by atoms with E-state index in [0.29, 0.717) is 40.4 Å². The Morgan fingerprint density at radius 2 is 1.69 bits per heavy atom. The van der Waals surface area contributed by atoms with E-state index >= 15 is 0 Å². The Balaban J connectivity index is 1.68. The van der Waals surface area contributed by atoms with Crippen LogP contribution in [0.4, 0.5) is 0 Å². The van der Waals surface area contributed by atoms with Gasteiger partial charge in [0.1, 0.15) is 16.9 Å². The normalized spacial score (nSPS) is 11.2. The van der Waals surface area contributed by atoms with Crippen molar-refractivity contribution in [3.63, 3.8) is 0 Å². The molecule has 0 spiro atoms.